The Bertz CT molecular complexity index is 890. The van der Waals surface area contributed by atoms with E-state index in [1.165, 1.54) is 0 Å². The number of aromatic nitrogens is 2. The minimum Gasteiger partial charge on any atom is -0.424 e. The molecule has 0 spiro atoms. The highest BCUT2D eigenvalue weighted by Crippen LogP contribution is 2.21. The van der Waals surface area contributed by atoms with Crippen LogP contribution in [-0.2, 0) is 0 Å². The van der Waals surface area contributed by atoms with E-state index in [1.54, 1.807) is 42.7 Å². The van der Waals surface area contributed by atoms with Gasteiger partial charge in [-0.05, 0) is 37.3 Å². The lowest BCUT2D eigenvalue weighted by Gasteiger charge is -2.27. The van der Waals surface area contributed by atoms with E-state index in [0.717, 1.165) is 5.69 Å². The van der Waals surface area contributed by atoms with Crippen molar-refractivity contribution in [1.29, 1.82) is 0 Å². The summed E-state index contributed by atoms with van der Waals surface area (Å²) in [6, 6.07) is 18.9. The van der Waals surface area contributed by atoms with E-state index in [1.807, 2.05) is 37.4 Å². The van der Waals surface area contributed by atoms with Gasteiger partial charge in [0.25, 0.3) is 0 Å². The molecule has 0 aliphatic heterocycles. The molecule has 28 heavy (non-hydrogen) atoms. The Labute approximate surface area is 164 Å². The molecule has 3 aromatic rings. The van der Waals surface area contributed by atoms with Gasteiger partial charge in [0.2, 0.25) is 0 Å². The number of carbonyl (C=O) groups excluding carboxylic acids is 1. The monoisotopic (exact) mass is 377 g/mol. The maximum atomic E-state index is 12.2. The molecule has 144 valence electrons. The number of para-hydroxylation sites is 1. The quantitative estimate of drug-likeness (QED) is 0.652. The molecule has 7 nitrogen and oxygen atoms in total. The van der Waals surface area contributed by atoms with Gasteiger partial charge in [0.15, 0.2) is 0 Å². The second kappa shape index (κ2) is 9.36. The lowest BCUT2D eigenvalue weighted by Crippen LogP contribution is -2.41. The zero-order valence-electron chi connectivity index (χ0n) is 15.9. The molecule has 1 heterocycles. The molecule has 1 aromatic heterocycles. The fourth-order valence-electron chi connectivity index (χ4n) is 2.55. The minimum absolute atomic E-state index is 0.137. The molecule has 7 heteroatoms. The van der Waals surface area contributed by atoms with E-state index in [9.17, 15) is 4.79 Å². The van der Waals surface area contributed by atoms with Crippen molar-refractivity contribution in [3.05, 3.63) is 73.1 Å². The highest BCUT2D eigenvalue weighted by molar-refractivity contribution is 5.89. The van der Waals surface area contributed by atoms with Crippen LogP contribution >= 0.6 is 0 Å². The van der Waals surface area contributed by atoms with Crippen molar-refractivity contribution in [3.8, 4) is 11.8 Å². The van der Waals surface area contributed by atoms with Gasteiger partial charge in [-0.2, -0.15) is 0 Å². The Balaban J connectivity index is 1.51. The molecule has 0 radical (unpaired) electrons. The number of urea groups is 1. The topological polar surface area (TPSA) is 79.4 Å². The second-order valence-electron chi connectivity index (χ2n) is 6.29. The molecule has 2 N–H and O–H groups in total. The molecular weight excluding hydrogens is 354 g/mol. The van der Waals surface area contributed by atoms with Gasteiger partial charge in [0, 0.05) is 49.5 Å². The Morgan fingerprint density at radius 1 is 1.07 bits per heavy atom. The third-order valence-electron chi connectivity index (χ3n) is 4.23. The van der Waals surface area contributed by atoms with Crippen LogP contribution in [-0.4, -0.2) is 35.6 Å². The number of hydrogen-bond donors (Lipinski definition) is 2. The molecule has 1 atom stereocenters. The SMILES string of the molecule is CC(CNC(=O)Nc1cccc(Oc2ncccn2)c1)N(C)c1ccccc1. The van der Waals surface area contributed by atoms with Crippen molar-refractivity contribution >= 4 is 17.4 Å². The smallest absolute Gasteiger partial charge is 0.321 e. The third-order valence-corrected chi connectivity index (χ3v) is 4.23. The predicted molar refractivity (Wildman–Crippen MR) is 110 cm³/mol. The predicted octanol–water partition coefficient (Wildman–Crippen LogP) is 3.92. The molecule has 1 unspecified atom stereocenters. The third kappa shape index (κ3) is 5.44. The van der Waals surface area contributed by atoms with Crippen molar-refractivity contribution in [2.75, 3.05) is 23.8 Å². The fraction of sp³-hybridized carbons (Fsp3) is 0.190. The van der Waals surface area contributed by atoms with Crippen molar-refractivity contribution in [1.82, 2.24) is 15.3 Å². The largest absolute Gasteiger partial charge is 0.424 e. The second-order valence-corrected chi connectivity index (χ2v) is 6.29. The standard InChI is InChI=1S/C21H23N5O2/c1-16(26(2)18-9-4-3-5-10-18)15-24-20(27)25-17-8-6-11-19(14-17)28-21-22-12-7-13-23-21/h3-14,16H,15H2,1-2H3,(H2,24,25,27). The summed E-state index contributed by atoms with van der Waals surface area (Å²) in [5, 5.41) is 5.71. The number of ether oxygens (including phenoxy) is 1. The summed E-state index contributed by atoms with van der Waals surface area (Å²) in [6.45, 7) is 2.56. The Hall–Kier alpha value is -3.61. The van der Waals surface area contributed by atoms with Crippen LogP contribution in [0.1, 0.15) is 6.92 Å². The molecule has 0 bridgehead atoms. The number of likely N-dealkylation sites (N-methyl/N-ethyl adjacent to an activating group) is 1. The maximum Gasteiger partial charge on any atom is 0.321 e. The fourth-order valence-corrected chi connectivity index (χ4v) is 2.55. The molecule has 0 saturated carbocycles. The van der Waals surface area contributed by atoms with Crippen LogP contribution in [0.3, 0.4) is 0 Å². The van der Waals surface area contributed by atoms with Crippen LogP contribution in [0.15, 0.2) is 73.1 Å². The number of anilines is 2. The summed E-state index contributed by atoms with van der Waals surface area (Å²) >= 11 is 0. The Morgan fingerprint density at radius 2 is 1.82 bits per heavy atom. The zero-order chi connectivity index (χ0) is 19.8. The number of carbonyl (C=O) groups is 1. The van der Waals surface area contributed by atoms with Crippen LogP contribution in [0, 0.1) is 0 Å². The molecule has 0 aliphatic carbocycles. The number of benzene rings is 2. The number of amides is 2. The maximum absolute atomic E-state index is 12.2. The first-order valence-electron chi connectivity index (χ1n) is 8.99. The first kappa shape index (κ1) is 19.2. The van der Waals surface area contributed by atoms with E-state index < -0.39 is 0 Å². The number of nitrogens with zero attached hydrogens (tertiary/aromatic N) is 3. The van der Waals surface area contributed by atoms with Crippen molar-refractivity contribution in [2.45, 2.75) is 13.0 Å². The summed E-state index contributed by atoms with van der Waals surface area (Å²) in [5.74, 6) is 0.543. The lowest BCUT2D eigenvalue weighted by atomic mass is 10.2. The van der Waals surface area contributed by atoms with Crippen molar-refractivity contribution in [3.63, 3.8) is 0 Å². The molecule has 0 aliphatic rings. The zero-order valence-corrected chi connectivity index (χ0v) is 15.9. The normalized spacial score (nSPS) is 11.4. The van der Waals surface area contributed by atoms with Crippen molar-refractivity contribution in [2.24, 2.45) is 0 Å². The number of rotatable bonds is 7. The molecular formula is C21H23N5O2. The van der Waals surface area contributed by atoms with Gasteiger partial charge < -0.3 is 20.3 Å². The molecule has 0 saturated heterocycles. The number of hydrogen-bond acceptors (Lipinski definition) is 5. The van der Waals surface area contributed by atoms with Crippen LogP contribution in [0.2, 0.25) is 0 Å². The minimum atomic E-state index is -0.276. The van der Waals surface area contributed by atoms with Crippen LogP contribution < -0.4 is 20.3 Å². The van der Waals surface area contributed by atoms with Gasteiger partial charge in [-0.3, -0.25) is 0 Å². The molecule has 3 rings (SSSR count). The number of nitrogens with one attached hydrogen (secondary N) is 2. The van der Waals surface area contributed by atoms with Gasteiger partial charge in [-0.1, -0.05) is 24.3 Å². The van der Waals surface area contributed by atoms with E-state index in [0.29, 0.717) is 18.0 Å². The summed E-state index contributed by atoms with van der Waals surface area (Å²) in [7, 11) is 2.01. The van der Waals surface area contributed by atoms with Crippen molar-refractivity contribution < 1.29 is 9.53 Å². The van der Waals surface area contributed by atoms with E-state index in [4.69, 9.17) is 4.74 Å². The summed E-state index contributed by atoms with van der Waals surface area (Å²) < 4.78 is 5.58. The van der Waals surface area contributed by atoms with Crippen LogP contribution in [0.5, 0.6) is 11.8 Å². The van der Waals surface area contributed by atoms with Gasteiger partial charge in [-0.15, -0.1) is 0 Å². The first-order valence-corrected chi connectivity index (χ1v) is 8.99. The molecule has 2 aromatic carbocycles. The Kier molecular flexibility index (Phi) is 6.41. The molecule has 2 amide bonds. The highest BCUT2D eigenvalue weighted by Gasteiger charge is 2.11. The van der Waals surface area contributed by atoms with Crippen LogP contribution in [0.4, 0.5) is 16.2 Å². The average molecular weight is 377 g/mol. The molecule has 0 fully saturated rings. The summed E-state index contributed by atoms with van der Waals surface area (Å²) in [6.07, 6.45) is 3.21. The lowest BCUT2D eigenvalue weighted by molar-refractivity contribution is 0.251. The van der Waals surface area contributed by atoms with E-state index >= 15 is 0 Å². The van der Waals surface area contributed by atoms with Gasteiger partial charge in [-0.25, -0.2) is 14.8 Å². The van der Waals surface area contributed by atoms with Gasteiger partial charge >= 0.3 is 12.0 Å². The van der Waals surface area contributed by atoms with Gasteiger partial charge in [0.1, 0.15) is 5.75 Å². The van der Waals surface area contributed by atoms with E-state index in [2.05, 4.69) is 32.4 Å². The Morgan fingerprint density at radius 3 is 2.57 bits per heavy atom. The summed E-state index contributed by atoms with van der Waals surface area (Å²) in [4.78, 5) is 22.4. The highest BCUT2D eigenvalue weighted by atomic mass is 16.5. The summed E-state index contributed by atoms with van der Waals surface area (Å²) in [5.41, 5.74) is 1.72. The average Bonchev–Trinajstić information content (AvgIpc) is 2.73. The van der Waals surface area contributed by atoms with E-state index in [-0.39, 0.29) is 18.1 Å². The first-order chi connectivity index (χ1) is 13.6. The van der Waals surface area contributed by atoms with Gasteiger partial charge in [0.05, 0.1) is 0 Å². The van der Waals surface area contributed by atoms with Crippen LogP contribution in [0.25, 0.3) is 0 Å².